The van der Waals surface area contributed by atoms with Crippen molar-refractivity contribution in [3.05, 3.63) is 29.8 Å². The zero-order valence-corrected chi connectivity index (χ0v) is 44.1. The molecule has 7 amide bonds. The zero-order chi connectivity index (χ0) is 56.2. The predicted octanol–water partition coefficient (Wildman–Crippen LogP) is -3.70. The van der Waals surface area contributed by atoms with Crippen LogP contribution in [0.25, 0.3) is 0 Å². The average molecular weight is 1080 g/mol. The zero-order valence-electron chi connectivity index (χ0n) is 44.1. The minimum absolute atomic E-state index is 0.0222. The van der Waals surface area contributed by atoms with Gasteiger partial charge in [0.05, 0.1) is 31.0 Å². The van der Waals surface area contributed by atoms with E-state index in [1.165, 1.54) is 30.7 Å². The number of unbranched alkanes of at least 4 members (excludes halogenated alkanes) is 5. The van der Waals surface area contributed by atoms with Gasteiger partial charge in [-0.05, 0) is 61.8 Å². The van der Waals surface area contributed by atoms with Crippen molar-refractivity contribution in [1.82, 2.24) is 41.7 Å². The Morgan fingerprint density at radius 3 is 2.05 bits per heavy atom. The number of amides is 7. The predicted molar refractivity (Wildman–Crippen MR) is 276 cm³/mol. The van der Waals surface area contributed by atoms with Crippen LogP contribution in [0.5, 0.6) is 5.75 Å². The Labute approximate surface area is 444 Å². The number of phenolic OH excluding ortho intramolecular Hbond substituents is 1. The number of hydrogen-bond donors (Lipinski definition) is 16. The van der Waals surface area contributed by atoms with Crippen LogP contribution in [0.1, 0.15) is 122 Å². The third-order valence-electron chi connectivity index (χ3n) is 14.6. The highest BCUT2D eigenvalue weighted by molar-refractivity contribution is 5.98. The second kappa shape index (κ2) is 31.3. The van der Waals surface area contributed by atoms with Crippen LogP contribution in [0.3, 0.4) is 0 Å². The molecule has 3 fully saturated rings. The Morgan fingerprint density at radius 2 is 1.41 bits per heavy atom. The Hall–Kier alpha value is -5.09. The smallest absolute Gasteiger partial charge is 0.248 e. The second-order valence-corrected chi connectivity index (χ2v) is 20.8. The Morgan fingerprint density at radius 1 is 0.750 bits per heavy atom. The molecular weight excluding hydrogens is 993 g/mol. The van der Waals surface area contributed by atoms with Gasteiger partial charge in [0, 0.05) is 45.4 Å². The largest absolute Gasteiger partial charge is 0.508 e. The Balaban J connectivity index is 1.71. The van der Waals surface area contributed by atoms with Crippen molar-refractivity contribution < 1.29 is 74.4 Å². The van der Waals surface area contributed by atoms with Gasteiger partial charge >= 0.3 is 0 Å². The second-order valence-electron chi connectivity index (χ2n) is 20.8. The molecule has 3 heterocycles. The molecule has 3 aliphatic heterocycles. The fourth-order valence-corrected chi connectivity index (χ4v) is 10.1. The van der Waals surface area contributed by atoms with Crippen LogP contribution >= 0.6 is 0 Å². The average Bonchev–Trinajstić information content (AvgIpc) is 3.99. The summed E-state index contributed by atoms with van der Waals surface area (Å²) in [5.74, 6) is -6.42. The highest BCUT2D eigenvalue weighted by atomic mass is 16.3. The van der Waals surface area contributed by atoms with Crippen LogP contribution in [-0.2, 0) is 33.6 Å². The Kier molecular flexibility index (Phi) is 26.2. The van der Waals surface area contributed by atoms with E-state index < -0.39 is 146 Å². The van der Waals surface area contributed by atoms with Crippen molar-refractivity contribution in [2.24, 2.45) is 23.3 Å². The highest BCUT2D eigenvalue weighted by Crippen LogP contribution is 2.26. The molecule has 0 aromatic heterocycles. The normalized spacial score (nSPS) is 28.4. The molecule has 4 rings (SSSR count). The number of aliphatic hydroxyl groups is 7. The van der Waals surface area contributed by atoms with Gasteiger partial charge in [0.1, 0.15) is 60.4 Å². The lowest BCUT2D eigenvalue weighted by molar-refractivity contribution is -0.148. The molecule has 25 nitrogen and oxygen atoms in total. The van der Waals surface area contributed by atoms with Crippen molar-refractivity contribution in [2.45, 2.75) is 190 Å². The number of fused-ring (bicyclic) bond motifs is 2. The van der Waals surface area contributed by atoms with Crippen molar-refractivity contribution in [3.63, 3.8) is 0 Å². The maximum absolute atomic E-state index is 14.6. The summed E-state index contributed by atoms with van der Waals surface area (Å²) in [6.45, 7) is 4.51. The Bertz CT molecular complexity index is 2040. The molecule has 1 aromatic rings. The minimum atomic E-state index is -2.27. The summed E-state index contributed by atoms with van der Waals surface area (Å²) in [5, 5.41) is 104. The third kappa shape index (κ3) is 18.3. The molecule has 430 valence electrons. The number of phenols is 1. The number of nitrogens with one attached hydrogen (secondary N) is 6. The van der Waals surface area contributed by atoms with Crippen molar-refractivity contribution in [2.75, 3.05) is 39.3 Å². The fourth-order valence-electron chi connectivity index (χ4n) is 10.1. The van der Waals surface area contributed by atoms with Crippen LogP contribution in [0.15, 0.2) is 24.3 Å². The van der Waals surface area contributed by atoms with Gasteiger partial charge in [-0.15, -0.1) is 0 Å². The van der Waals surface area contributed by atoms with Gasteiger partial charge in [0.15, 0.2) is 0 Å². The lowest BCUT2D eigenvalue weighted by atomic mass is 9.91. The lowest BCUT2D eigenvalue weighted by Crippen LogP contribution is -2.65. The van der Waals surface area contributed by atoms with E-state index in [9.17, 15) is 74.4 Å². The molecule has 76 heavy (non-hydrogen) atoms. The summed E-state index contributed by atoms with van der Waals surface area (Å²) in [5.41, 5.74) is 11.5. The molecule has 15 atom stereocenters. The van der Waals surface area contributed by atoms with E-state index in [1.54, 1.807) is 0 Å². The van der Waals surface area contributed by atoms with E-state index in [0.29, 0.717) is 24.7 Å². The molecule has 0 saturated carbocycles. The maximum Gasteiger partial charge on any atom is 0.248 e. The quantitative estimate of drug-likeness (QED) is 0.0469. The summed E-state index contributed by atoms with van der Waals surface area (Å²) in [6, 6.07) is -6.33. The van der Waals surface area contributed by atoms with Gasteiger partial charge in [-0.2, -0.15) is 0 Å². The van der Waals surface area contributed by atoms with Gasteiger partial charge in [-0.25, -0.2) is 0 Å². The van der Waals surface area contributed by atoms with Crippen molar-refractivity contribution in [3.8, 4) is 5.75 Å². The number of rotatable bonds is 23. The molecule has 0 unspecified atom stereocenters. The molecule has 25 heteroatoms. The third-order valence-corrected chi connectivity index (χ3v) is 14.6. The van der Waals surface area contributed by atoms with Crippen LogP contribution in [-0.4, -0.2) is 204 Å². The first kappa shape index (κ1) is 63.4. The van der Waals surface area contributed by atoms with E-state index in [2.05, 4.69) is 52.7 Å². The minimum Gasteiger partial charge on any atom is -0.508 e. The maximum atomic E-state index is 14.6. The van der Waals surface area contributed by atoms with Gasteiger partial charge in [0.2, 0.25) is 41.4 Å². The summed E-state index contributed by atoms with van der Waals surface area (Å²) in [7, 11) is 0. The van der Waals surface area contributed by atoms with Crippen molar-refractivity contribution in [1.29, 1.82) is 0 Å². The van der Waals surface area contributed by atoms with Gasteiger partial charge < -0.3 is 88.7 Å². The first-order valence-electron chi connectivity index (χ1n) is 26.9. The number of carbonyl (C=O) groups is 7. The number of aliphatic hydroxyl groups excluding tert-OH is 7. The molecule has 3 aliphatic rings. The van der Waals surface area contributed by atoms with E-state index in [1.807, 2.05) is 0 Å². The van der Waals surface area contributed by atoms with E-state index in [-0.39, 0.29) is 56.8 Å². The van der Waals surface area contributed by atoms with E-state index in [4.69, 9.17) is 11.5 Å². The molecule has 0 aliphatic carbocycles. The van der Waals surface area contributed by atoms with E-state index >= 15 is 0 Å². The lowest BCUT2D eigenvalue weighted by Gasteiger charge is -2.35. The van der Waals surface area contributed by atoms with Gasteiger partial charge in [-0.3, -0.25) is 38.9 Å². The topological polar surface area (TPSA) is 412 Å². The molecule has 0 spiro atoms. The molecule has 0 bridgehead atoms. The molecule has 1 aromatic carbocycles. The summed E-state index contributed by atoms with van der Waals surface area (Å²) >= 11 is 0. The first-order valence-corrected chi connectivity index (χ1v) is 26.9. The standard InChI is InChI=1S/C51H86N10O15/c1-4-28(2)23-29(3)11-9-7-5-6-8-10-12-39(68)55-33-25-38(67)45(54-21-20-53)59-49(74)42-37(66)18-22-60(42)51(76)40(36(65)17-19-52)57-48(73)41(44(70)43(69)30-13-15-31(63)16-14-30)58-47(72)35-24-32(64)26-61(35)50(75)34(27-62)56-46(33)71/h13-16,28-29,32-38,40-45,54,62-67,69-70H,4-12,17-27,52-53H2,1-3H3,(H,55,68)(H,56,71)(H,57,73)(H,58,72)(H,59,74)/t28-,29+,32+,33-,34-,35-,36+,37-,38+,40-,41-,42-,43+,44-,45-/m0/s1. The summed E-state index contributed by atoms with van der Waals surface area (Å²) in [4.78, 5) is 101. The molecule has 3 saturated heterocycles. The number of nitrogens with zero attached hydrogens (tertiary/aromatic N) is 2. The SMILES string of the molecule is CC[C@H](C)C[C@H](C)CCCCCCCCC(=O)N[C@H]1C[C@@H](O)[C@@H](NCCN)NC(=O)[C@@H]2[C@@H](O)CCN2C(=O)[C@H]([C@H](O)CCN)NC(=O)[C@H]([C@H](O)[C@H](O)c2ccc(O)cc2)NC(=O)[C@@H]2C[C@@H](O)CN2C(=O)[C@H](CO)NC1=O. The van der Waals surface area contributed by atoms with Crippen LogP contribution < -0.4 is 43.4 Å². The summed E-state index contributed by atoms with van der Waals surface area (Å²) < 4.78 is 0. The number of carbonyl (C=O) groups excluding carboxylic acids is 7. The number of aromatic hydroxyl groups is 1. The fraction of sp³-hybridized carbons (Fsp3) is 0.745. The molecule has 0 radical (unpaired) electrons. The first-order chi connectivity index (χ1) is 36.1. The monoisotopic (exact) mass is 1080 g/mol. The van der Waals surface area contributed by atoms with Crippen LogP contribution in [0.4, 0.5) is 0 Å². The van der Waals surface area contributed by atoms with Crippen LogP contribution in [0, 0.1) is 11.8 Å². The van der Waals surface area contributed by atoms with E-state index in [0.717, 1.165) is 48.3 Å². The van der Waals surface area contributed by atoms with Gasteiger partial charge in [-0.1, -0.05) is 77.8 Å². The molecule has 18 N–H and O–H groups in total. The van der Waals surface area contributed by atoms with Crippen LogP contribution in [0.2, 0.25) is 0 Å². The number of hydrogen-bond acceptors (Lipinski definition) is 18. The number of nitrogens with two attached hydrogens (primary N) is 2. The number of benzene rings is 1. The molecular formula is C51H86N10O15. The highest BCUT2D eigenvalue weighted by Gasteiger charge is 2.48. The van der Waals surface area contributed by atoms with Gasteiger partial charge in [0.25, 0.3) is 0 Å². The van der Waals surface area contributed by atoms with Crippen molar-refractivity contribution >= 4 is 41.4 Å². The summed E-state index contributed by atoms with van der Waals surface area (Å²) in [6.07, 6.45) is -5.18.